The van der Waals surface area contributed by atoms with Gasteiger partial charge in [0, 0.05) is 38.2 Å². The van der Waals surface area contributed by atoms with Gasteiger partial charge in [-0.1, -0.05) is 43.7 Å². The van der Waals surface area contributed by atoms with Crippen LogP contribution in [0.4, 0.5) is 8.78 Å². The number of hydrogen-bond acceptors (Lipinski definition) is 5. The minimum atomic E-state index is -1.02. The van der Waals surface area contributed by atoms with Crippen molar-refractivity contribution in [1.29, 1.82) is 0 Å². The van der Waals surface area contributed by atoms with E-state index < -0.39 is 23.8 Å². The molecule has 2 amide bonds. The zero-order valence-corrected chi connectivity index (χ0v) is 21.7. The summed E-state index contributed by atoms with van der Waals surface area (Å²) in [6.07, 6.45) is 1.66. The zero-order chi connectivity index (χ0) is 27.1. The van der Waals surface area contributed by atoms with E-state index in [1.165, 1.54) is 12.1 Å². The van der Waals surface area contributed by atoms with Gasteiger partial charge in [0.25, 0.3) is 0 Å². The number of nitrogens with one attached hydrogen (secondary N) is 2. The van der Waals surface area contributed by atoms with Crippen molar-refractivity contribution >= 4 is 11.8 Å². The third-order valence-corrected chi connectivity index (χ3v) is 7.33. The van der Waals surface area contributed by atoms with Gasteiger partial charge in [-0.25, -0.2) is 8.78 Å². The van der Waals surface area contributed by atoms with Gasteiger partial charge in [-0.05, 0) is 42.5 Å². The Morgan fingerprint density at radius 1 is 1.13 bits per heavy atom. The Morgan fingerprint density at radius 2 is 1.84 bits per heavy atom. The minimum absolute atomic E-state index is 0.0411. The number of benzene rings is 2. The maximum Gasteiger partial charge on any atom is 0.227 e. The number of hydrogen-bond donors (Lipinski definition) is 3. The van der Waals surface area contributed by atoms with Gasteiger partial charge < -0.3 is 25.4 Å². The average Bonchev–Trinajstić information content (AvgIpc) is 3.33. The molecular formula is C29H37F2N3O4. The highest BCUT2D eigenvalue weighted by Gasteiger charge is 2.39. The summed E-state index contributed by atoms with van der Waals surface area (Å²) in [6, 6.07) is 11.9. The molecule has 0 aliphatic carbocycles. The number of halogens is 2. The molecule has 2 aromatic carbocycles. The maximum absolute atomic E-state index is 13.9. The van der Waals surface area contributed by atoms with Crippen LogP contribution in [0.5, 0.6) is 0 Å². The van der Waals surface area contributed by atoms with E-state index in [4.69, 9.17) is 4.74 Å². The molecule has 38 heavy (non-hydrogen) atoms. The lowest BCUT2D eigenvalue weighted by Crippen LogP contribution is -2.59. The monoisotopic (exact) mass is 529 g/mol. The fourth-order valence-electron chi connectivity index (χ4n) is 5.06. The molecule has 2 fully saturated rings. The molecule has 3 N–H and O–H groups in total. The lowest BCUT2D eigenvalue weighted by molar-refractivity contribution is -0.143. The van der Waals surface area contributed by atoms with Crippen LogP contribution in [-0.2, 0) is 27.4 Å². The molecule has 7 nitrogen and oxygen atoms in total. The van der Waals surface area contributed by atoms with Crippen molar-refractivity contribution in [3.63, 3.8) is 0 Å². The number of rotatable bonds is 12. The van der Waals surface area contributed by atoms with Crippen LogP contribution in [0.2, 0.25) is 0 Å². The largest absolute Gasteiger partial charge is 0.389 e. The first kappa shape index (κ1) is 28.1. The third-order valence-electron chi connectivity index (χ3n) is 7.33. The lowest BCUT2D eigenvalue weighted by atomic mass is 9.92. The van der Waals surface area contributed by atoms with Crippen LogP contribution in [0.15, 0.2) is 48.5 Å². The molecule has 2 saturated heterocycles. The van der Waals surface area contributed by atoms with Crippen LogP contribution in [0.25, 0.3) is 0 Å². The van der Waals surface area contributed by atoms with Gasteiger partial charge in [-0.15, -0.1) is 0 Å². The highest BCUT2D eigenvalue weighted by atomic mass is 19.1. The number of aliphatic hydroxyl groups excluding tert-OH is 1. The van der Waals surface area contributed by atoms with Gasteiger partial charge in [-0.3, -0.25) is 9.59 Å². The molecule has 0 spiro atoms. The molecule has 0 bridgehead atoms. The second kappa shape index (κ2) is 13.3. The Hall–Kier alpha value is -2.88. The van der Waals surface area contributed by atoms with E-state index in [2.05, 4.69) is 10.6 Å². The van der Waals surface area contributed by atoms with Crippen LogP contribution < -0.4 is 10.6 Å². The van der Waals surface area contributed by atoms with Crippen molar-refractivity contribution in [3.05, 3.63) is 71.3 Å². The first-order chi connectivity index (χ1) is 18.3. The minimum Gasteiger partial charge on any atom is -0.389 e. The van der Waals surface area contributed by atoms with Crippen molar-refractivity contribution < 1.29 is 28.2 Å². The molecule has 206 valence electrons. The summed E-state index contributed by atoms with van der Waals surface area (Å²) in [4.78, 5) is 26.9. The summed E-state index contributed by atoms with van der Waals surface area (Å²) in [5.74, 6) is -2.04. The quantitative estimate of drug-likeness (QED) is 0.393. The van der Waals surface area contributed by atoms with Crippen molar-refractivity contribution in [2.75, 3.05) is 19.6 Å². The zero-order valence-electron chi connectivity index (χ0n) is 21.7. The molecule has 2 aliphatic rings. The number of carbonyl (C=O) groups excluding carboxylic acids is 2. The molecule has 0 saturated carbocycles. The third kappa shape index (κ3) is 7.58. The van der Waals surface area contributed by atoms with E-state index in [-0.39, 0.29) is 36.3 Å². The molecule has 0 aromatic heterocycles. The van der Waals surface area contributed by atoms with Crippen LogP contribution in [0.3, 0.4) is 0 Å². The fraction of sp³-hybridized carbons (Fsp3) is 0.517. The summed E-state index contributed by atoms with van der Waals surface area (Å²) in [7, 11) is 0. The number of likely N-dealkylation sites (tertiary alicyclic amines) is 1. The molecule has 2 aromatic rings. The number of unbranched alkanes of at least 4 members (excludes halogenated alkanes) is 1. The molecule has 4 atom stereocenters. The fourth-order valence-corrected chi connectivity index (χ4v) is 5.06. The molecule has 9 heteroatoms. The van der Waals surface area contributed by atoms with Crippen LogP contribution in [0, 0.1) is 17.6 Å². The van der Waals surface area contributed by atoms with E-state index in [0.29, 0.717) is 44.6 Å². The van der Waals surface area contributed by atoms with Gasteiger partial charge in [0.05, 0.1) is 30.8 Å². The van der Waals surface area contributed by atoms with Gasteiger partial charge in [0.15, 0.2) is 0 Å². The number of nitrogens with zero attached hydrogens (tertiary/aromatic N) is 1. The average molecular weight is 530 g/mol. The second-order valence-electron chi connectivity index (χ2n) is 10.4. The Kier molecular flexibility index (Phi) is 9.82. The van der Waals surface area contributed by atoms with Gasteiger partial charge in [-0.2, -0.15) is 0 Å². The standard InChI is InChI=1S/C29H37F2N3O4/c1-2-3-9-27(35)34-16-21(17-34)29(37)33-26(12-20-10-22(30)13-23(31)11-20)28(36)25-14-24(15-32-25)38-18-19-7-5-4-6-8-19/h4-8,10-11,13,21,24-26,28,32,36H,2-3,9,12,14-18H2,1H3,(H,33,37)/t24-,25-,26+,28-/m1/s1. The van der Waals surface area contributed by atoms with Crippen LogP contribution in [0.1, 0.15) is 43.7 Å². The second-order valence-corrected chi connectivity index (χ2v) is 10.4. The van der Waals surface area contributed by atoms with E-state index in [9.17, 15) is 23.5 Å². The van der Waals surface area contributed by atoms with Gasteiger partial charge in [0.1, 0.15) is 11.6 Å². The van der Waals surface area contributed by atoms with Gasteiger partial charge in [0.2, 0.25) is 11.8 Å². The highest BCUT2D eigenvalue weighted by Crippen LogP contribution is 2.22. The Morgan fingerprint density at radius 3 is 2.53 bits per heavy atom. The summed E-state index contributed by atoms with van der Waals surface area (Å²) >= 11 is 0. The topological polar surface area (TPSA) is 90.9 Å². The molecule has 4 rings (SSSR count). The molecular weight excluding hydrogens is 492 g/mol. The van der Waals surface area contributed by atoms with E-state index in [1.54, 1.807) is 4.90 Å². The van der Waals surface area contributed by atoms with E-state index in [1.807, 2.05) is 37.3 Å². The summed E-state index contributed by atoms with van der Waals surface area (Å²) < 4.78 is 33.7. The van der Waals surface area contributed by atoms with E-state index in [0.717, 1.165) is 24.5 Å². The van der Waals surface area contributed by atoms with Crippen LogP contribution in [-0.4, -0.2) is 65.7 Å². The number of aliphatic hydroxyl groups is 1. The predicted octanol–water partition coefficient (Wildman–Crippen LogP) is 2.95. The number of amides is 2. The van der Waals surface area contributed by atoms with Crippen molar-refractivity contribution in [2.24, 2.45) is 5.92 Å². The molecule has 0 radical (unpaired) electrons. The number of ether oxygens (including phenoxy) is 1. The normalized spacial score (nSPS) is 21.1. The van der Waals surface area contributed by atoms with Crippen molar-refractivity contribution in [2.45, 2.75) is 69.9 Å². The van der Waals surface area contributed by atoms with Crippen molar-refractivity contribution in [1.82, 2.24) is 15.5 Å². The molecule has 2 aliphatic heterocycles. The highest BCUT2D eigenvalue weighted by molar-refractivity contribution is 5.84. The van der Waals surface area contributed by atoms with Crippen LogP contribution >= 0.6 is 0 Å². The Balaban J connectivity index is 1.37. The first-order valence-corrected chi connectivity index (χ1v) is 13.4. The van der Waals surface area contributed by atoms with Gasteiger partial charge >= 0.3 is 0 Å². The summed E-state index contributed by atoms with van der Waals surface area (Å²) in [5, 5.41) is 17.5. The van der Waals surface area contributed by atoms with E-state index >= 15 is 0 Å². The smallest absolute Gasteiger partial charge is 0.227 e. The SMILES string of the molecule is CCCCC(=O)N1CC(C(=O)N[C@@H](Cc2cc(F)cc(F)c2)[C@H](O)[C@H]2C[C@@H](OCc3ccccc3)CN2)C1. The lowest BCUT2D eigenvalue weighted by Gasteiger charge is -2.39. The molecule has 0 unspecified atom stereocenters. The molecule has 2 heterocycles. The summed E-state index contributed by atoms with van der Waals surface area (Å²) in [6.45, 7) is 3.69. The Bertz CT molecular complexity index is 1060. The van der Waals surface area contributed by atoms with Crippen molar-refractivity contribution in [3.8, 4) is 0 Å². The maximum atomic E-state index is 13.9. The predicted molar refractivity (Wildman–Crippen MR) is 139 cm³/mol. The first-order valence-electron chi connectivity index (χ1n) is 13.4. The summed E-state index contributed by atoms with van der Waals surface area (Å²) in [5.41, 5.74) is 1.39. The Labute approximate surface area is 222 Å². The number of carbonyl (C=O) groups is 2.